The van der Waals surface area contributed by atoms with Crippen LogP contribution in [0.5, 0.6) is 0 Å². The van der Waals surface area contributed by atoms with Crippen LogP contribution in [0.4, 0.5) is 0 Å². The lowest BCUT2D eigenvalue weighted by atomic mass is 10.2. The van der Waals surface area contributed by atoms with E-state index in [4.69, 9.17) is 8.85 Å². The van der Waals surface area contributed by atoms with Gasteiger partial charge in [0.2, 0.25) is 16.6 Å². The van der Waals surface area contributed by atoms with E-state index in [2.05, 4.69) is 24.6 Å². The Balaban J connectivity index is 4.87. The SMILES string of the molecule is CSCCC(N=C(C)O[Si](C)(C)C)C(=O)O[Si](C)(C)C. The second-order valence-corrected chi connectivity index (χ2v) is 16.5. The van der Waals surface area contributed by atoms with Crippen LogP contribution >= 0.6 is 11.8 Å². The lowest BCUT2D eigenvalue weighted by Crippen LogP contribution is -2.36. The van der Waals surface area contributed by atoms with Crippen molar-refractivity contribution in [2.24, 2.45) is 4.99 Å². The third kappa shape index (κ3) is 10.5. The molecule has 0 aliphatic carbocycles. The van der Waals surface area contributed by atoms with Crippen molar-refractivity contribution in [3.8, 4) is 0 Å². The van der Waals surface area contributed by atoms with Gasteiger partial charge < -0.3 is 8.85 Å². The minimum Gasteiger partial charge on any atom is -0.535 e. The standard InChI is InChI=1S/C13H29NO3SSi2/c1-11(16-19(3,4)5)14-12(9-10-18-2)13(15)17-20(6,7)8/h12H,9-10H2,1-8H3. The van der Waals surface area contributed by atoms with Crippen molar-refractivity contribution in [3.05, 3.63) is 0 Å². The van der Waals surface area contributed by atoms with E-state index in [-0.39, 0.29) is 5.97 Å². The summed E-state index contributed by atoms with van der Waals surface area (Å²) in [6.07, 6.45) is 2.72. The first-order chi connectivity index (χ1) is 8.94. The molecule has 0 aromatic carbocycles. The summed E-state index contributed by atoms with van der Waals surface area (Å²) in [5, 5.41) is 0. The maximum atomic E-state index is 12.2. The lowest BCUT2D eigenvalue weighted by molar-refractivity contribution is -0.136. The first-order valence-corrected chi connectivity index (χ1v) is 15.1. The Morgan fingerprint density at radius 1 is 1.10 bits per heavy atom. The van der Waals surface area contributed by atoms with E-state index < -0.39 is 22.7 Å². The fourth-order valence-corrected chi connectivity index (χ4v) is 3.66. The van der Waals surface area contributed by atoms with Gasteiger partial charge in [0.15, 0.2) is 11.9 Å². The van der Waals surface area contributed by atoms with Crippen molar-refractivity contribution in [1.82, 2.24) is 0 Å². The third-order valence-electron chi connectivity index (χ3n) is 2.07. The highest BCUT2D eigenvalue weighted by Crippen LogP contribution is 2.13. The number of rotatable bonds is 7. The van der Waals surface area contributed by atoms with E-state index in [0.717, 1.165) is 5.75 Å². The molecular formula is C13H29NO3SSi2. The van der Waals surface area contributed by atoms with E-state index >= 15 is 0 Å². The molecule has 0 aliphatic heterocycles. The number of nitrogens with zero attached hydrogens (tertiary/aromatic N) is 1. The minimum absolute atomic E-state index is 0.211. The monoisotopic (exact) mass is 335 g/mol. The highest BCUT2D eigenvalue weighted by molar-refractivity contribution is 7.98. The van der Waals surface area contributed by atoms with Crippen LogP contribution in [0, 0.1) is 0 Å². The fraction of sp³-hybridized carbons (Fsp3) is 0.846. The summed E-state index contributed by atoms with van der Waals surface area (Å²) >= 11 is 1.71. The third-order valence-corrected chi connectivity index (χ3v) is 4.43. The molecule has 0 aromatic heterocycles. The average molecular weight is 336 g/mol. The zero-order chi connectivity index (χ0) is 16.0. The number of thioether (sulfide) groups is 1. The van der Waals surface area contributed by atoms with Crippen LogP contribution in [0.15, 0.2) is 4.99 Å². The smallest absolute Gasteiger partial charge is 0.317 e. The zero-order valence-corrected chi connectivity index (χ0v) is 16.9. The molecule has 0 amide bonds. The number of carbonyl (C=O) groups is 1. The molecule has 0 aromatic rings. The molecule has 0 heterocycles. The Bertz CT molecular complexity index is 349. The highest BCUT2D eigenvalue weighted by atomic mass is 32.2. The summed E-state index contributed by atoms with van der Waals surface area (Å²) in [5.41, 5.74) is 0. The summed E-state index contributed by atoms with van der Waals surface area (Å²) in [6.45, 7) is 14.1. The van der Waals surface area contributed by atoms with Crippen LogP contribution in [0.2, 0.25) is 39.3 Å². The molecule has 0 N–H and O–H groups in total. The van der Waals surface area contributed by atoms with E-state index in [0.29, 0.717) is 12.3 Å². The molecule has 0 aliphatic rings. The van der Waals surface area contributed by atoms with Gasteiger partial charge in [-0.2, -0.15) is 11.8 Å². The largest absolute Gasteiger partial charge is 0.535 e. The predicted molar refractivity (Wildman–Crippen MR) is 93.8 cm³/mol. The number of hydrogen-bond donors (Lipinski definition) is 0. The molecule has 0 fully saturated rings. The van der Waals surface area contributed by atoms with Gasteiger partial charge in [0.05, 0.1) is 0 Å². The van der Waals surface area contributed by atoms with Gasteiger partial charge in [-0.1, -0.05) is 0 Å². The molecular weight excluding hydrogens is 306 g/mol. The molecule has 0 radical (unpaired) electrons. The van der Waals surface area contributed by atoms with Gasteiger partial charge in [0.25, 0.3) is 0 Å². The molecule has 0 saturated heterocycles. The second-order valence-electron chi connectivity index (χ2n) is 6.69. The van der Waals surface area contributed by atoms with Gasteiger partial charge in [-0.3, -0.25) is 4.79 Å². The van der Waals surface area contributed by atoms with Gasteiger partial charge in [0.1, 0.15) is 0 Å². The number of aliphatic imine (C=N–C) groups is 1. The van der Waals surface area contributed by atoms with Crippen molar-refractivity contribution in [2.75, 3.05) is 12.0 Å². The molecule has 0 bridgehead atoms. The summed E-state index contributed by atoms with van der Waals surface area (Å²) in [6, 6.07) is -0.439. The molecule has 20 heavy (non-hydrogen) atoms. The minimum atomic E-state index is -1.88. The Morgan fingerprint density at radius 3 is 2.00 bits per heavy atom. The van der Waals surface area contributed by atoms with Gasteiger partial charge in [-0.15, -0.1) is 0 Å². The molecule has 0 spiro atoms. The topological polar surface area (TPSA) is 47.9 Å². The quantitative estimate of drug-likeness (QED) is 0.404. The lowest BCUT2D eigenvalue weighted by Gasteiger charge is -2.23. The van der Waals surface area contributed by atoms with Gasteiger partial charge in [-0.25, -0.2) is 4.99 Å². The van der Waals surface area contributed by atoms with E-state index in [1.165, 1.54) is 0 Å². The maximum absolute atomic E-state index is 12.2. The predicted octanol–water partition coefficient (Wildman–Crippen LogP) is 3.76. The van der Waals surface area contributed by atoms with Crippen LogP contribution in [-0.4, -0.2) is 46.6 Å². The Labute approximate surface area is 130 Å². The summed E-state index contributed by atoms with van der Waals surface area (Å²) in [7, 11) is -3.56. The molecule has 1 unspecified atom stereocenters. The van der Waals surface area contributed by atoms with Gasteiger partial charge in [-0.05, 0) is 57.7 Å². The average Bonchev–Trinajstić information content (AvgIpc) is 2.18. The second kappa shape index (κ2) is 8.24. The van der Waals surface area contributed by atoms with Crippen molar-refractivity contribution >= 4 is 40.3 Å². The molecule has 0 rings (SSSR count). The highest BCUT2D eigenvalue weighted by Gasteiger charge is 2.27. The van der Waals surface area contributed by atoms with E-state index in [1.54, 1.807) is 11.8 Å². The summed E-state index contributed by atoms with van der Waals surface area (Å²) < 4.78 is 11.4. The normalized spacial score (nSPS) is 14.9. The van der Waals surface area contributed by atoms with Crippen LogP contribution < -0.4 is 0 Å². The number of carbonyl (C=O) groups excluding carboxylic acids is 1. The van der Waals surface area contributed by atoms with E-state index in [1.807, 2.05) is 32.8 Å². The molecule has 0 saturated carbocycles. The van der Waals surface area contributed by atoms with Gasteiger partial charge in [0, 0.05) is 6.92 Å². The van der Waals surface area contributed by atoms with Crippen molar-refractivity contribution < 1.29 is 13.6 Å². The van der Waals surface area contributed by atoms with Crippen LogP contribution in [0.25, 0.3) is 0 Å². The van der Waals surface area contributed by atoms with Crippen molar-refractivity contribution in [1.29, 1.82) is 0 Å². The summed E-state index contributed by atoms with van der Waals surface area (Å²) in [5.74, 6) is 1.27. The number of hydrogen-bond acceptors (Lipinski definition) is 5. The first-order valence-electron chi connectivity index (χ1n) is 6.90. The molecule has 7 heteroatoms. The Hall–Kier alpha value is -0.276. The Kier molecular flexibility index (Phi) is 8.12. The zero-order valence-electron chi connectivity index (χ0n) is 14.1. The first kappa shape index (κ1) is 19.7. The van der Waals surface area contributed by atoms with Crippen molar-refractivity contribution in [2.45, 2.75) is 58.7 Å². The van der Waals surface area contributed by atoms with Crippen molar-refractivity contribution in [3.63, 3.8) is 0 Å². The molecule has 1 atom stereocenters. The van der Waals surface area contributed by atoms with Gasteiger partial charge >= 0.3 is 5.97 Å². The van der Waals surface area contributed by atoms with Crippen LogP contribution in [0.1, 0.15) is 13.3 Å². The van der Waals surface area contributed by atoms with Crippen LogP contribution in [0.3, 0.4) is 0 Å². The van der Waals surface area contributed by atoms with E-state index in [9.17, 15) is 4.79 Å². The molecule has 4 nitrogen and oxygen atoms in total. The molecule has 118 valence electrons. The fourth-order valence-electron chi connectivity index (χ4n) is 1.52. The maximum Gasteiger partial charge on any atom is 0.317 e. The Morgan fingerprint density at radius 2 is 1.60 bits per heavy atom. The summed E-state index contributed by atoms with van der Waals surface area (Å²) in [4.78, 5) is 16.7. The van der Waals surface area contributed by atoms with Crippen LogP contribution in [-0.2, 0) is 13.6 Å².